The third kappa shape index (κ3) is 3.95. The molecule has 1 aromatic heterocycles. The van der Waals surface area contributed by atoms with Crippen LogP contribution in [-0.4, -0.2) is 44.6 Å². The molecule has 23 heavy (non-hydrogen) atoms. The topological polar surface area (TPSA) is 66.5 Å². The number of hydrogen-bond donors (Lipinski definition) is 1. The van der Waals surface area contributed by atoms with Crippen molar-refractivity contribution in [3.8, 4) is 0 Å². The molecule has 1 amide bonds. The van der Waals surface area contributed by atoms with Gasteiger partial charge in [-0.05, 0) is 50.5 Å². The lowest BCUT2D eigenvalue weighted by Crippen LogP contribution is -2.49. The number of amides is 1. The molecule has 0 aromatic carbocycles. The third-order valence-corrected chi connectivity index (χ3v) is 6.54. The minimum Gasteiger partial charge on any atom is -0.334 e. The Morgan fingerprint density at radius 1 is 1.30 bits per heavy atom. The molecule has 1 aliphatic carbocycles. The van der Waals surface area contributed by atoms with Crippen LogP contribution in [0.4, 0.5) is 0 Å². The second-order valence-corrected chi connectivity index (χ2v) is 9.32. The molecule has 0 saturated carbocycles. The molecule has 1 atom stereocenters. The standard InChI is InChI=1S/C16H24N2O3S2/c1-23(20,21)17-10-12-6-4-5-9-18(12)16(19)14-11-22-15-8-3-2-7-13(14)15/h11-12,17H,2-10H2,1H3. The van der Waals surface area contributed by atoms with E-state index in [1.807, 2.05) is 10.3 Å². The van der Waals surface area contributed by atoms with E-state index < -0.39 is 10.0 Å². The summed E-state index contributed by atoms with van der Waals surface area (Å²) in [6, 6.07) is -0.0369. The van der Waals surface area contributed by atoms with Crippen molar-refractivity contribution < 1.29 is 13.2 Å². The molecule has 3 rings (SSSR count). The van der Waals surface area contributed by atoms with Crippen LogP contribution in [0.1, 0.15) is 52.9 Å². The molecule has 1 unspecified atom stereocenters. The fourth-order valence-electron chi connectivity index (χ4n) is 3.56. The first-order valence-electron chi connectivity index (χ1n) is 8.30. The van der Waals surface area contributed by atoms with Gasteiger partial charge in [0.1, 0.15) is 0 Å². The molecule has 1 aromatic rings. The van der Waals surface area contributed by atoms with Gasteiger partial charge in [0, 0.05) is 29.4 Å². The van der Waals surface area contributed by atoms with Crippen molar-refractivity contribution in [1.29, 1.82) is 0 Å². The van der Waals surface area contributed by atoms with Crippen LogP contribution in [0.15, 0.2) is 5.38 Å². The maximum absolute atomic E-state index is 13.0. The number of sulfonamides is 1. The van der Waals surface area contributed by atoms with E-state index in [-0.39, 0.29) is 11.9 Å². The fraction of sp³-hybridized carbons (Fsp3) is 0.688. The Kier molecular flexibility index (Phi) is 5.08. The smallest absolute Gasteiger partial charge is 0.255 e. The monoisotopic (exact) mass is 356 g/mol. The van der Waals surface area contributed by atoms with Gasteiger partial charge in [0.2, 0.25) is 10.0 Å². The number of carbonyl (C=O) groups is 1. The summed E-state index contributed by atoms with van der Waals surface area (Å²) in [6.45, 7) is 1.04. The van der Waals surface area contributed by atoms with E-state index in [4.69, 9.17) is 0 Å². The Bertz CT molecular complexity index is 681. The minimum atomic E-state index is -3.23. The van der Waals surface area contributed by atoms with Crippen LogP contribution in [0, 0.1) is 0 Å². The van der Waals surface area contributed by atoms with Crippen LogP contribution in [-0.2, 0) is 22.9 Å². The summed E-state index contributed by atoms with van der Waals surface area (Å²) in [7, 11) is -3.23. The highest BCUT2D eigenvalue weighted by Crippen LogP contribution is 2.32. The predicted octanol–water partition coefficient (Wildman–Crippen LogP) is 2.17. The van der Waals surface area contributed by atoms with Crippen LogP contribution in [0.3, 0.4) is 0 Å². The maximum Gasteiger partial charge on any atom is 0.255 e. The van der Waals surface area contributed by atoms with Crippen molar-refractivity contribution >= 4 is 27.3 Å². The van der Waals surface area contributed by atoms with Crippen LogP contribution in [0.25, 0.3) is 0 Å². The highest BCUT2D eigenvalue weighted by atomic mass is 32.2. The molecule has 1 saturated heterocycles. The maximum atomic E-state index is 13.0. The molecule has 128 valence electrons. The van der Waals surface area contributed by atoms with Crippen molar-refractivity contribution in [2.45, 2.75) is 51.0 Å². The van der Waals surface area contributed by atoms with Crippen molar-refractivity contribution in [3.63, 3.8) is 0 Å². The molecule has 0 spiro atoms. The summed E-state index contributed by atoms with van der Waals surface area (Å²) in [6.07, 6.45) is 8.52. The Hall–Kier alpha value is -0.920. The number of nitrogens with zero attached hydrogens (tertiary/aromatic N) is 1. The van der Waals surface area contributed by atoms with Crippen LogP contribution >= 0.6 is 11.3 Å². The summed E-state index contributed by atoms with van der Waals surface area (Å²) in [5, 5.41) is 2.01. The van der Waals surface area contributed by atoms with Crippen molar-refractivity contribution in [3.05, 3.63) is 21.4 Å². The highest BCUT2D eigenvalue weighted by Gasteiger charge is 2.30. The number of carbonyl (C=O) groups excluding carboxylic acids is 1. The van der Waals surface area contributed by atoms with Gasteiger partial charge in [0.15, 0.2) is 0 Å². The number of aryl methyl sites for hydroxylation is 1. The second kappa shape index (κ2) is 6.91. The van der Waals surface area contributed by atoms with E-state index in [1.165, 1.54) is 16.9 Å². The van der Waals surface area contributed by atoms with Crippen LogP contribution in [0.2, 0.25) is 0 Å². The normalized spacial score (nSPS) is 22.0. The first-order valence-corrected chi connectivity index (χ1v) is 11.1. The molecule has 2 aliphatic rings. The molecule has 7 heteroatoms. The van der Waals surface area contributed by atoms with Gasteiger partial charge >= 0.3 is 0 Å². The van der Waals surface area contributed by atoms with E-state index >= 15 is 0 Å². The Morgan fingerprint density at radius 2 is 2.09 bits per heavy atom. The molecule has 0 bridgehead atoms. The van der Waals surface area contributed by atoms with Crippen molar-refractivity contribution in [1.82, 2.24) is 9.62 Å². The van der Waals surface area contributed by atoms with E-state index in [2.05, 4.69) is 4.72 Å². The predicted molar refractivity (Wildman–Crippen MR) is 92.5 cm³/mol. The lowest BCUT2D eigenvalue weighted by Gasteiger charge is -2.36. The highest BCUT2D eigenvalue weighted by molar-refractivity contribution is 7.88. The number of hydrogen-bond acceptors (Lipinski definition) is 4. The molecule has 5 nitrogen and oxygen atoms in total. The van der Waals surface area contributed by atoms with Gasteiger partial charge in [-0.1, -0.05) is 0 Å². The molecular weight excluding hydrogens is 332 g/mol. The van der Waals surface area contributed by atoms with Gasteiger partial charge in [0.05, 0.1) is 11.8 Å². The molecule has 1 N–H and O–H groups in total. The lowest BCUT2D eigenvalue weighted by atomic mass is 9.94. The fourth-order valence-corrected chi connectivity index (χ4v) is 5.17. The second-order valence-electron chi connectivity index (χ2n) is 6.53. The average Bonchev–Trinajstić information content (AvgIpc) is 2.96. The zero-order valence-corrected chi connectivity index (χ0v) is 15.1. The number of likely N-dealkylation sites (tertiary alicyclic amines) is 1. The number of nitrogens with one attached hydrogen (secondary N) is 1. The Labute approximate surface area is 142 Å². The lowest BCUT2D eigenvalue weighted by molar-refractivity contribution is 0.0618. The molecule has 0 radical (unpaired) electrons. The Balaban J connectivity index is 1.77. The number of rotatable bonds is 4. The number of piperidine rings is 1. The summed E-state index contributed by atoms with van der Waals surface area (Å²) in [4.78, 5) is 16.3. The van der Waals surface area contributed by atoms with E-state index in [9.17, 15) is 13.2 Å². The van der Waals surface area contributed by atoms with Gasteiger partial charge in [-0.2, -0.15) is 0 Å². The quantitative estimate of drug-likeness (QED) is 0.899. The number of fused-ring (bicyclic) bond motifs is 1. The molecular formula is C16H24N2O3S2. The van der Waals surface area contributed by atoms with Crippen LogP contribution < -0.4 is 4.72 Å². The summed E-state index contributed by atoms with van der Waals surface area (Å²) in [5.41, 5.74) is 2.10. The first kappa shape index (κ1) is 16.9. The summed E-state index contributed by atoms with van der Waals surface area (Å²) in [5.74, 6) is 0.0874. The van der Waals surface area contributed by atoms with E-state index in [1.54, 1.807) is 11.3 Å². The number of thiophene rings is 1. The minimum absolute atomic E-state index is 0.0369. The molecule has 2 heterocycles. The van der Waals surface area contributed by atoms with E-state index in [0.717, 1.165) is 56.9 Å². The third-order valence-electron chi connectivity index (χ3n) is 4.76. The largest absolute Gasteiger partial charge is 0.334 e. The SMILES string of the molecule is CS(=O)(=O)NCC1CCCCN1C(=O)c1csc2c1CCCC2. The van der Waals surface area contributed by atoms with Crippen molar-refractivity contribution in [2.75, 3.05) is 19.3 Å². The van der Waals surface area contributed by atoms with E-state index in [0.29, 0.717) is 6.54 Å². The van der Waals surface area contributed by atoms with Gasteiger partial charge in [-0.3, -0.25) is 4.79 Å². The van der Waals surface area contributed by atoms with Gasteiger partial charge in [0.25, 0.3) is 5.91 Å². The van der Waals surface area contributed by atoms with Crippen molar-refractivity contribution in [2.24, 2.45) is 0 Å². The van der Waals surface area contributed by atoms with Gasteiger partial charge in [-0.25, -0.2) is 13.1 Å². The zero-order valence-electron chi connectivity index (χ0n) is 13.5. The molecule has 1 fully saturated rings. The van der Waals surface area contributed by atoms with Crippen LogP contribution in [0.5, 0.6) is 0 Å². The molecule has 1 aliphatic heterocycles. The average molecular weight is 357 g/mol. The summed E-state index contributed by atoms with van der Waals surface area (Å²) < 4.78 is 25.3. The Morgan fingerprint density at radius 3 is 2.87 bits per heavy atom. The van der Waals surface area contributed by atoms with Gasteiger partial charge < -0.3 is 4.90 Å². The summed E-state index contributed by atoms with van der Waals surface area (Å²) >= 11 is 1.70. The van der Waals surface area contributed by atoms with Gasteiger partial charge in [-0.15, -0.1) is 11.3 Å². The zero-order chi connectivity index (χ0) is 16.4. The first-order chi connectivity index (χ1) is 11.0.